The standard InChI is InChI=1S/C41H38N6O5/c1-3-40(48)51-28-10-5-4-9-27-50-37-23-13-31(14-24-37)41(49)52-38-25-26-39(30(2)29-38)47-46-36-21-19-35(20-22-36)45-44-34-17-15-33(16-18-34)43-42-32-11-7-6-8-12-32/h3,6-8,11-26,29H,1,4-5,9-10,27-28H2,2H3. The van der Waals surface area contributed by atoms with Crippen molar-refractivity contribution in [3.63, 3.8) is 0 Å². The van der Waals surface area contributed by atoms with E-state index in [4.69, 9.17) is 14.2 Å². The van der Waals surface area contributed by atoms with Crippen LogP contribution in [-0.2, 0) is 9.53 Å². The Labute approximate surface area is 302 Å². The number of ether oxygens (including phenoxy) is 3. The highest BCUT2D eigenvalue weighted by Gasteiger charge is 2.10. The van der Waals surface area contributed by atoms with Crippen LogP contribution < -0.4 is 9.47 Å². The maximum Gasteiger partial charge on any atom is 0.343 e. The van der Waals surface area contributed by atoms with E-state index in [1.54, 1.807) is 42.5 Å². The summed E-state index contributed by atoms with van der Waals surface area (Å²) in [4.78, 5) is 23.8. The molecule has 52 heavy (non-hydrogen) atoms. The van der Waals surface area contributed by atoms with Crippen LogP contribution in [-0.4, -0.2) is 25.2 Å². The zero-order valence-electron chi connectivity index (χ0n) is 28.8. The Hall–Kier alpha value is -6.62. The quantitative estimate of drug-likeness (QED) is 0.0313. The number of unbranched alkanes of at least 4 members (excludes halogenated alkanes) is 3. The van der Waals surface area contributed by atoms with Gasteiger partial charge < -0.3 is 14.2 Å². The molecule has 0 aliphatic rings. The highest BCUT2D eigenvalue weighted by atomic mass is 16.5. The van der Waals surface area contributed by atoms with Gasteiger partial charge in [0.2, 0.25) is 0 Å². The van der Waals surface area contributed by atoms with Crippen LogP contribution in [0.25, 0.3) is 0 Å². The second kappa shape index (κ2) is 19.5. The third-order valence-electron chi connectivity index (χ3n) is 7.48. The predicted octanol–water partition coefficient (Wildman–Crippen LogP) is 12.1. The molecule has 0 spiro atoms. The summed E-state index contributed by atoms with van der Waals surface area (Å²) in [7, 11) is 0. The lowest BCUT2D eigenvalue weighted by Gasteiger charge is -2.08. The molecule has 11 nitrogen and oxygen atoms in total. The van der Waals surface area contributed by atoms with Crippen molar-refractivity contribution in [2.45, 2.75) is 32.6 Å². The molecule has 0 aliphatic heterocycles. The van der Waals surface area contributed by atoms with Gasteiger partial charge >= 0.3 is 11.9 Å². The Morgan fingerprint density at radius 1 is 0.577 bits per heavy atom. The Morgan fingerprint density at radius 3 is 1.62 bits per heavy atom. The largest absolute Gasteiger partial charge is 0.494 e. The zero-order chi connectivity index (χ0) is 36.4. The molecule has 0 fully saturated rings. The molecular formula is C41H38N6O5. The molecule has 0 radical (unpaired) electrons. The van der Waals surface area contributed by atoms with E-state index >= 15 is 0 Å². The molecule has 5 aromatic rings. The van der Waals surface area contributed by atoms with Gasteiger partial charge in [0, 0.05) is 6.08 Å². The first-order valence-corrected chi connectivity index (χ1v) is 16.8. The van der Waals surface area contributed by atoms with Gasteiger partial charge in [0.1, 0.15) is 11.5 Å². The minimum Gasteiger partial charge on any atom is -0.494 e. The minimum absolute atomic E-state index is 0.396. The number of azo groups is 3. The maximum atomic E-state index is 12.8. The fourth-order valence-electron chi connectivity index (χ4n) is 4.65. The van der Waals surface area contributed by atoms with E-state index in [1.807, 2.05) is 85.8 Å². The number of aryl methyl sites for hydroxylation is 1. The molecule has 11 heteroatoms. The highest BCUT2D eigenvalue weighted by Crippen LogP contribution is 2.28. The summed E-state index contributed by atoms with van der Waals surface area (Å²) in [6.45, 7) is 6.19. The Balaban J connectivity index is 1.04. The number of esters is 2. The minimum atomic E-state index is -0.475. The number of carbonyl (C=O) groups is 2. The molecule has 0 heterocycles. The van der Waals surface area contributed by atoms with Crippen molar-refractivity contribution in [3.05, 3.63) is 145 Å². The zero-order valence-corrected chi connectivity index (χ0v) is 28.8. The third-order valence-corrected chi connectivity index (χ3v) is 7.48. The van der Waals surface area contributed by atoms with Crippen LogP contribution in [0.4, 0.5) is 34.1 Å². The van der Waals surface area contributed by atoms with E-state index in [0.717, 1.165) is 48.7 Å². The Bertz CT molecular complexity index is 2010. The van der Waals surface area contributed by atoms with Crippen molar-refractivity contribution in [3.8, 4) is 11.5 Å². The van der Waals surface area contributed by atoms with Gasteiger partial charge in [0.05, 0.1) is 52.9 Å². The number of benzene rings is 5. The van der Waals surface area contributed by atoms with Crippen LogP contribution in [0.15, 0.2) is 165 Å². The Kier molecular flexibility index (Phi) is 13.8. The lowest BCUT2D eigenvalue weighted by Crippen LogP contribution is -2.08. The van der Waals surface area contributed by atoms with Gasteiger partial charge in [0.25, 0.3) is 0 Å². The average Bonchev–Trinajstić information content (AvgIpc) is 3.18. The molecule has 0 saturated heterocycles. The van der Waals surface area contributed by atoms with Crippen molar-refractivity contribution in [2.24, 2.45) is 30.7 Å². The predicted molar refractivity (Wildman–Crippen MR) is 200 cm³/mol. The molecule has 0 N–H and O–H groups in total. The van der Waals surface area contributed by atoms with Crippen LogP contribution in [0.5, 0.6) is 11.5 Å². The normalized spacial score (nSPS) is 11.2. The van der Waals surface area contributed by atoms with Crippen LogP contribution in [0.1, 0.15) is 41.6 Å². The van der Waals surface area contributed by atoms with E-state index < -0.39 is 11.9 Å². The van der Waals surface area contributed by atoms with Gasteiger partial charge in [-0.2, -0.15) is 30.7 Å². The SMILES string of the molecule is C=CC(=O)OCCCCCCOc1ccc(C(=O)Oc2ccc(N=Nc3ccc(N=Nc4ccc(N=Nc5ccccc5)cc4)cc3)c(C)c2)cc1. The van der Waals surface area contributed by atoms with Gasteiger partial charge in [-0.15, -0.1) is 0 Å². The summed E-state index contributed by atoms with van der Waals surface area (Å²) in [5, 5.41) is 25.8. The maximum absolute atomic E-state index is 12.8. The molecule has 0 aromatic heterocycles. The molecule has 0 atom stereocenters. The fourth-order valence-corrected chi connectivity index (χ4v) is 4.65. The number of rotatable bonds is 17. The summed E-state index contributed by atoms with van der Waals surface area (Å²) >= 11 is 0. The van der Waals surface area contributed by atoms with Crippen molar-refractivity contribution < 1.29 is 23.8 Å². The molecular weight excluding hydrogens is 656 g/mol. The molecule has 0 saturated carbocycles. The van der Waals surface area contributed by atoms with Gasteiger partial charge in [-0.1, -0.05) is 24.8 Å². The molecule has 0 aliphatic carbocycles. The second-order valence-corrected chi connectivity index (χ2v) is 11.5. The summed E-state index contributed by atoms with van der Waals surface area (Å²) in [6.07, 6.45) is 4.73. The van der Waals surface area contributed by atoms with E-state index in [9.17, 15) is 9.59 Å². The molecule has 262 valence electrons. The van der Waals surface area contributed by atoms with Crippen molar-refractivity contribution >= 4 is 46.1 Å². The summed E-state index contributed by atoms with van der Waals surface area (Å²) in [6, 6.07) is 36.1. The molecule has 0 bridgehead atoms. The number of nitrogens with zero attached hydrogens (tertiary/aromatic N) is 6. The second-order valence-electron chi connectivity index (χ2n) is 11.5. The van der Waals surface area contributed by atoms with Gasteiger partial charge in [-0.05, 0) is 141 Å². The van der Waals surface area contributed by atoms with Crippen LogP contribution >= 0.6 is 0 Å². The van der Waals surface area contributed by atoms with Gasteiger partial charge in [-0.25, -0.2) is 9.59 Å². The lowest BCUT2D eigenvalue weighted by atomic mass is 10.2. The topological polar surface area (TPSA) is 136 Å². The smallest absolute Gasteiger partial charge is 0.343 e. The first kappa shape index (κ1) is 36.7. The van der Waals surface area contributed by atoms with Gasteiger partial charge in [-0.3, -0.25) is 0 Å². The number of hydrogen-bond acceptors (Lipinski definition) is 11. The molecule has 5 aromatic carbocycles. The van der Waals surface area contributed by atoms with Crippen LogP contribution in [0, 0.1) is 6.92 Å². The number of hydrogen-bond donors (Lipinski definition) is 0. The summed E-state index contributed by atoms with van der Waals surface area (Å²) in [5.41, 5.74) is 5.38. The fraction of sp³-hybridized carbons (Fsp3) is 0.171. The Morgan fingerprint density at radius 2 is 1.08 bits per heavy atom. The monoisotopic (exact) mass is 694 g/mol. The molecule has 5 rings (SSSR count). The molecule has 0 amide bonds. The highest BCUT2D eigenvalue weighted by molar-refractivity contribution is 5.91. The van der Waals surface area contributed by atoms with Gasteiger partial charge in [0.15, 0.2) is 0 Å². The van der Waals surface area contributed by atoms with Crippen molar-refractivity contribution in [1.82, 2.24) is 0 Å². The van der Waals surface area contributed by atoms with E-state index in [1.165, 1.54) is 0 Å². The first-order chi connectivity index (χ1) is 25.4. The summed E-state index contributed by atoms with van der Waals surface area (Å²) < 4.78 is 16.3. The third kappa shape index (κ3) is 12.1. The van der Waals surface area contributed by atoms with E-state index in [0.29, 0.717) is 53.0 Å². The van der Waals surface area contributed by atoms with E-state index in [2.05, 4.69) is 37.3 Å². The average molecular weight is 695 g/mol. The van der Waals surface area contributed by atoms with Crippen LogP contribution in [0.2, 0.25) is 0 Å². The first-order valence-electron chi connectivity index (χ1n) is 16.8. The van der Waals surface area contributed by atoms with Crippen molar-refractivity contribution in [1.29, 1.82) is 0 Å². The van der Waals surface area contributed by atoms with Crippen LogP contribution in [0.3, 0.4) is 0 Å². The lowest BCUT2D eigenvalue weighted by molar-refractivity contribution is -0.137. The number of carbonyl (C=O) groups excluding carboxylic acids is 2. The van der Waals surface area contributed by atoms with Crippen molar-refractivity contribution in [2.75, 3.05) is 13.2 Å². The van der Waals surface area contributed by atoms with E-state index in [-0.39, 0.29) is 0 Å². The molecule has 0 unspecified atom stereocenters. The summed E-state index contributed by atoms with van der Waals surface area (Å²) in [5.74, 6) is 0.205.